The number of aliphatic hydroxyl groups excluding tert-OH is 1. The molecule has 0 heterocycles. The molecule has 0 aliphatic carbocycles. The number of aliphatic hydroxyl groups is 1. The van der Waals surface area contributed by atoms with Crippen molar-refractivity contribution in [3.05, 3.63) is 40.6 Å². The van der Waals surface area contributed by atoms with Crippen LogP contribution in [0.3, 0.4) is 0 Å². The largest absolute Gasteiger partial charge is 0.501 e. The molecule has 1 N–H and O–H groups in total. The molecular weight excluding hydrogens is 272 g/mol. The van der Waals surface area contributed by atoms with Gasteiger partial charge in [0.2, 0.25) is 0 Å². The van der Waals surface area contributed by atoms with Crippen molar-refractivity contribution >= 4 is 36.3 Å². The maximum Gasteiger partial charge on any atom is 0.174 e. The van der Waals surface area contributed by atoms with Crippen molar-refractivity contribution in [1.82, 2.24) is 0 Å². The molecule has 3 heteroatoms. The third-order valence-corrected chi connectivity index (χ3v) is 2.97. The van der Waals surface area contributed by atoms with Crippen LogP contribution in [0.1, 0.15) is 5.56 Å². The highest BCUT2D eigenvalue weighted by atomic mass is 79.9. The minimum absolute atomic E-state index is 0.115. The summed E-state index contributed by atoms with van der Waals surface area (Å²) in [6.45, 7) is 0. The van der Waals surface area contributed by atoms with Crippen molar-refractivity contribution in [2.24, 2.45) is 0 Å². The molecule has 0 fully saturated rings. The molecule has 1 rings (SSSR count). The number of hydrogen-bond donors (Lipinski definition) is 1. The van der Waals surface area contributed by atoms with E-state index < -0.39 is 0 Å². The summed E-state index contributed by atoms with van der Waals surface area (Å²) >= 11 is 6.20. The smallest absolute Gasteiger partial charge is 0.174 e. The number of benzene rings is 1. The third kappa shape index (κ3) is 2.34. The lowest BCUT2D eigenvalue weighted by Gasteiger charge is -1.97. The fraction of sp³-hybridized carbons (Fsp3) is 0. The van der Waals surface area contributed by atoms with Gasteiger partial charge < -0.3 is 5.11 Å². The van der Waals surface area contributed by atoms with Crippen molar-refractivity contribution in [3.8, 4) is 0 Å². The first kappa shape index (κ1) is 8.81. The van der Waals surface area contributed by atoms with Crippen molar-refractivity contribution in [2.45, 2.75) is 0 Å². The molecule has 0 saturated heterocycles. The Labute approximate surface area is 82.0 Å². The first-order valence-electron chi connectivity index (χ1n) is 3.01. The lowest BCUT2D eigenvalue weighted by molar-refractivity contribution is 0.464. The molecule has 0 aliphatic heterocycles. The van der Waals surface area contributed by atoms with Crippen LogP contribution in [0.15, 0.2) is 35.0 Å². The van der Waals surface area contributed by atoms with Crippen molar-refractivity contribution in [1.29, 1.82) is 0 Å². The maximum atomic E-state index is 9.02. The zero-order valence-corrected chi connectivity index (χ0v) is 8.76. The Balaban J connectivity index is 3.04. The Bertz CT molecular complexity index is 263. The Morgan fingerprint density at radius 3 is 2.09 bits per heavy atom. The molecule has 0 aliphatic rings. The van der Waals surface area contributed by atoms with Gasteiger partial charge in [0, 0.05) is 0 Å². The van der Waals surface area contributed by atoms with Gasteiger partial charge in [-0.2, -0.15) is 0 Å². The quantitative estimate of drug-likeness (QED) is 0.777. The maximum absolute atomic E-state index is 9.02. The van der Waals surface area contributed by atoms with E-state index >= 15 is 0 Å². The molecule has 1 nitrogen and oxygen atoms in total. The Hall–Kier alpha value is -0.280. The molecule has 1 aromatic carbocycles. The molecule has 0 unspecified atom stereocenters. The first-order valence-corrected chi connectivity index (χ1v) is 4.60. The summed E-state index contributed by atoms with van der Waals surface area (Å²) in [5.41, 5.74) is 0.946. The standard InChI is InChI=1S/C8H6Br2O/c9-7(8(10)11)6-4-2-1-3-5-6/h1-5,11H. The van der Waals surface area contributed by atoms with Crippen LogP contribution in [0.5, 0.6) is 0 Å². The fourth-order valence-corrected chi connectivity index (χ4v) is 1.20. The summed E-state index contributed by atoms with van der Waals surface area (Å²) in [7, 11) is 0. The Morgan fingerprint density at radius 1 is 1.09 bits per heavy atom. The minimum atomic E-state index is 0.115. The monoisotopic (exact) mass is 276 g/mol. The van der Waals surface area contributed by atoms with Crippen LogP contribution in [0.25, 0.3) is 4.48 Å². The van der Waals surface area contributed by atoms with Crippen LogP contribution in [0, 0.1) is 0 Å². The number of hydrogen-bond acceptors (Lipinski definition) is 1. The second-order valence-electron chi connectivity index (χ2n) is 1.97. The lowest BCUT2D eigenvalue weighted by Crippen LogP contribution is -1.76. The summed E-state index contributed by atoms with van der Waals surface area (Å²) in [6.07, 6.45) is 0. The molecule has 0 aromatic heterocycles. The topological polar surface area (TPSA) is 20.2 Å². The van der Waals surface area contributed by atoms with Gasteiger partial charge in [0.25, 0.3) is 0 Å². The highest BCUT2D eigenvalue weighted by Gasteiger charge is 1.99. The first-order chi connectivity index (χ1) is 5.22. The van der Waals surface area contributed by atoms with E-state index in [1.807, 2.05) is 30.3 Å². The Kier molecular flexibility index (Phi) is 3.15. The molecule has 0 spiro atoms. The Morgan fingerprint density at radius 2 is 1.64 bits per heavy atom. The van der Waals surface area contributed by atoms with E-state index in [0.29, 0.717) is 4.48 Å². The SMILES string of the molecule is OC(Br)=C(Br)c1ccccc1. The predicted molar refractivity (Wildman–Crippen MR) is 53.8 cm³/mol. The van der Waals surface area contributed by atoms with E-state index in [0.717, 1.165) is 5.56 Å². The summed E-state index contributed by atoms with van der Waals surface area (Å²) in [4.78, 5) is 0. The van der Waals surface area contributed by atoms with Gasteiger partial charge in [-0.15, -0.1) is 0 Å². The van der Waals surface area contributed by atoms with Crippen LogP contribution in [-0.4, -0.2) is 5.11 Å². The second-order valence-corrected chi connectivity index (χ2v) is 3.51. The van der Waals surface area contributed by atoms with Crippen LogP contribution < -0.4 is 0 Å². The average molecular weight is 278 g/mol. The zero-order chi connectivity index (χ0) is 8.27. The number of rotatable bonds is 1. The zero-order valence-electron chi connectivity index (χ0n) is 5.59. The summed E-state index contributed by atoms with van der Waals surface area (Å²) in [6, 6.07) is 9.55. The van der Waals surface area contributed by atoms with Gasteiger partial charge >= 0.3 is 0 Å². The summed E-state index contributed by atoms with van der Waals surface area (Å²) in [5, 5.41) is 9.02. The summed E-state index contributed by atoms with van der Waals surface area (Å²) < 4.78 is 0.779. The van der Waals surface area contributed by atoms with Gasteiger partial charge in [-0.3, -0.25) is 0 Å². The van der Waals surface area contributed by atoms with Crippen LogP contribution >= 0.6 is 31.9 Å². The minimum Gasteiger partial charge on any atom is -0.501 e. The molecule has 0 bridgehead atoms. The van der Waals surface area contributed by atoms with Crippen molar-refractivity contribution < 1.29 is 5.11 Å². The van der Waals surface area contributed by atoms with E-state index in [-0.39, 0.29) is 4.67 Å². The van der Waals surface area contributed by atoms with Gasteiger partial charge in [-0.05, 0) is 37.4 Å². The average Bonchev–Trinajstić information content (AvgIpc) is 2.05. The summed E-state index contributed by atoms with van der Waals surface area (Å²) in [5.74, 6) is 0. The van der Waals surface area contributed by atoms with Gasteiger partial charge in [0.05, 0.1) is 4.48 Å². The van der Waals surface area contributed by atoms with Crippen molar-refractivity contribution in [2.75, 3.05) is 0 Å². The highest BCUT2D eigenvalue weighted by molar-refractivity contribution is 9.16. The van der Waals surface area contributed by atoms with E-state index in [1.54, 1.807) is 0 Å². The van der Waals surface area contributed by atoms with E-state index in [9.17, 15) is 0 Å². The van der Waals surface area contributed by atoms with Crippen LogP contribution in [-0.2, 0) is 0 Å². The fourth-order valence-electron chi connectivity index (χ4n) is 0.704. The molecule has 0 amide bonds. The predicted octanol–water partition coefficient (Wildman–Crippen LogP) is 3.66. The normalized spacial score (nSPS) is 12.5. The third-order valence-electron chi connectivity index (χ3n) is 1.21. The van der Waals surface area contributed by atoms with Gasteiger partial charge in [-0.25, -0.2) is 0 Å². The molecule has 11 heavy (non-hydrogen) atoms. The molecule has 0 radical (unpaired) electrons. The molecule has 0 atom stereocenters. The van der Waals surface area contributed by atoms with Gasteiger partial charge in [-0.1, -0.05) is 30.3 Å². The molecular formula is C8H6Br2O. The van der Waals surface area contributed by atoms with Gasteiger partial charge in [0.15, 0.2) is 4.67 Å². The van der Waals surface area contributed by atoms with E-state index in [4.69, 9.17) is 5.11 Å². The lowest BCUT2D eigenvalue weighted by atomic mass is 10.2. The van der Waals surface area contributed by atoms with Crippen molar-refractivity contribution in [3.63, 3.8) is 0 Å². The van der Waals surface area contributed by atoms with Gasteiger partial charge in [0.1, 0.15) is 0 Å². The van der Waals surface area contributed by atoms with Crippen LogP contribution in [0.4, 0.5) is 0 Å². The van der Waals surface area contributed by atoms with Crippen LogP contribution in [0.2, 0.25) is 0 Å². The molecule has 0 saturated carbocycles. The molecule has 58 valence electrons. The number of halogens is 2. The van der Waals surface area contributed by atoms with E-state index in [2.05, 4.69) is 31.9 Å². The second kappa shape index (κ2) is 3.93. The molecule has 1 aromatic rings. The van der Waals surface area contributed by atoms with E-state index in [1.165, 1.54) is 0 Å². The highest BCUT2D eigenvalue weighted by Crippen LogP contribution is 2.26.